The zero-order chi connectivity index (χ0) is 22.6. The molecular formula is C24H26N6O2S. The molecule has 1 N–H and O–H groups in total. The van der Waals surface area contributed by atoms with Crippen LogP contribution in [-0.4, -0.2) is 51.2 Å². The molecule has 0 bridgehead atoms. The number of thiophene rings is 1. The van der Waals surface area contributed by atoms with Crippen LogP contribution >= 0.6 is 11.3 Å². The van der Waals surface area contributed by atoms with E-state index >= 15 is 0 Å². The van der Waals surface area contributed by atoms with E-state index < -0.39 is 0 Å². The Balaban J connectivity index is 1.24. The van der Waals surface area contributed by atoms with Crippen LogP contribution < -0.4 is 10.1 Å². The molecule has 0 atom stereocenters. The van der Waals surface area contributed by atoms with Gasteiger partial charge in [0.15, 0.2) is 0 Å². The van der Waals surface area contributed by atoms with Crippen molar-refractivity contribution in [2.45, 2.75) is 26.7 Å². The highest BCUT2D eigenvalue weighted by molar-refractivity contribution is 7.18. The predicted octanol–water partition coefficient (Wildman–Crippen LogP) is 5.09. The van der Waals surface area contributed by atoms with Crippen molar-refractivity contribution in [3.05, 3.63) is 54.0 Å². The minimum absolute atomic E-state index is 0.545. The highest BCUT2D eigenvalue weighted by Gasteiger charge is 2.14. The van der Waals surface area contributed by atoms with Gasteiger partial charge in [-0.3, -0.25) is 4.90 Å². The maximum Gasteiger partial charge on any atom is 0.227 e. The average molecular weight is 463 g/mol. The van der Waals surface area contributed by atoms with Crippen molar-refractivity contribution >= 4 is 23.0 Å². The van der Waals surface area contributed by atoms with Gasteiger partial charge in [-0.25, -0.2) is 9.97 Å². The van der Waals surface area contributed by atoms with Crippen molar-refractivity contribution in [2.75, 3.05) is 31.6 Å². The van der Waals surface area contributed by atoms with Crippen LogP contribution in [0.25, 0.3) is 21.3 Å². The van der Waals surface area contributed by atoms with E-state index in [4.69, 9.17) is 14.2 Å². The summed E-state index contributed by atoms with van der Waals surface area (Å²) in [5.41, 5.74) is 2.79. The largest absolute Gasteiger partial charge is 0.492 e. The van der Waals surface area contributed by atoms with Crippen molar-refractivity contribution in [3.63, 3.8) is 0 Å². The summed E-state index contributed by atoms with van der Waals surface area (Å²) in [7, 11) is 0. The Morgan fingerprint density at radius 3 is 2.58 bits per heavy atom. The number of hydrogen-bond acceptors (Lipinski definition) is 9. The van der Waals surface area contributed by atoms with Crippen LogP contribution in [0.3, 0.4) is 0 Å². The van der Waals surface area contributed by atoms with E-state index in [-0.39, 0.29) is 0 Å². The van der Waals surface area contributed by atoms with E-state index in [1.807, 2.05) is 49.5 Å². The summed E-state index contributed by atoms with van der Waals surface area (Å²) in [5.74, 6) is 2.56. The molecule has 4 aromatic rings. The predicted molar refractivity (Wildman–Crippen MR) is 129 cm³/mol. The van der Waals surface area contributed by atoms with Gasteiger partial charge in [0.1, 0.15) is 12.4 Å². The fraction of sp³-hybridized carbons (Fsp3) is 0.333. The molecule has 1 aromatic carbocycles. The van der Waals surface area contributed by atoms with Gasteiger partial charge in [-0.1, -0.05) is 5.16 Å². The van der Waals surface area contributed by atoms with Crippen LogP contribution in [0.1, 0.15) is 24.3 Å². The average Bonchev–Trinajstić information content (AvgIpc) is 3.58. The second kappa shape index (κ2) is 9.68. The zero-order valence-corrected chi connectivity index (χ0v) is 19.6. The van der Waals surface area contributed by atoms with Gasteiger partial charge >= 0.3 is 0 Å². The number of rotatable bonds is 8. The molecule has 1 aliphatic rings. The summed E-state index contributed by atoms with van der Waals surface area (Å²) in [6, 6.07) is 11.9. The number of nitrogens with one attached hydrogen (secondary N) is 1. The van der Waals surface area contributed by atoms with Gasteiger partial charge in [-0.05, 0) is 74.8 Å². The molecule has 0 aliphatic carbocycles. The first-order chi connectivity index (χ1) is 16.1. The lowest BCUT2D eigenvalue weighted by molar-refractivity contribution is 0.238. The number of aromatic nitrogens is 4. The van der Waals surface area contributed by atoms with E-state index in [0.29, 0.717) is 24.3 Å². The molecule has 3 aromatic heterocycles. The highest BCUT2D eigenvalue weighted by atomic mass is 32.1. The summed E-state index contributed by atoms with van der Waals surface area (Å²) >= 11 is 1.58. The molecule has 1 saturated heterocycles. The van der Waals surface area contributed by atoms with Gasteiger partial charge in [-0.2, -0.15) is 4.98 Å². The second-order valence-corrected chi connectivity index (χ2v) is 9.16. The fourth-order valence-electron chi connectivity index (χ4n) is 3.80. The minimum Gasteiger partial charge on any atom is -0.492 e. The molecule has 33 heavy (non-hydrogen) atoms. The Morgan fingerprint density at radius 2 is 1.82 bits per heavy atom. The first-order valence-electron chi connectivity index (χ1n) is 11.1. The van der Waals surface area contributed by atoms with Gasteiger partial charge in [-0.15, -0.1) is 11.3 Å². The summed E-state index contributed by atoms with van der Waals surface area (Å²) in [6.45, 7) is 7.86. The number of ether oxygens (including phenoxy) is 1. The molecule has 5 rings (SSSR count). The van der Waals surface area contributed by atoms with Crippen LogP contribution in [-0.2, 0) is 0 Å². The summed E-state index contributed by atoms with van der Waals surface area (Å²) in [6.07, 6.45) is 4.43. The normalized spacial score (nSPS) is 14.0. The second-order valence-electron chi connectivity index (χ2n) is 8.07. The SMILES string of the molecule is Cc1nc(-c2ccc(-c3nc(Nc4ccc(OCCN5CCCC5)cc4)ncc3C)s2)no1. The van der Waals surface area contributed by atoms with Crippen molar-refractivity contribution in [1.82, 2.24) is 25.0 Å². The van der Waals surface area contributed by atoms with Crippen molar-refractivity contribution < 1.29 is 9.26 Å². The molecule has 0 radical (unpaired) electrons. The third-order valence-electron chi connectivity index (χ3n) is 5.54. The Bertz CT molecular complexity index is 1210. The molecule has 9 heteroatoms. The molecule has 4 heterocycles. The standard InChI is InChI=1S/C24H26N6O2S/c1-16-15-25-24(28-22(16)20-9-10-21(33-20)23-26-17(2)32-29-23)27-18-5-7-19(8-6-18)31-14-13-30-11-3-4-12-30/h5-10,15H,3-4,11-14H2,1-2H3,(H,25,27,28). The van der Waals surface area contributed by atoms with Gasteiger partial charge in [0.2, 0.25) is 17.7 Å². The molecule has 0 spiro atoms. The lowest BCUT2D eigenvalue weighted by Gasteiger charge is -2.15. The van der Waals surface area contributed by atoms with E-state index in [2.05, 4.69) is 25.3 Å². The molecule has 8 nitrogen and oxygen atoms in total. The molecule has 0 unspecified atom stereocenters. The summed E-state index contributed by atoms with van der Waals surface area (Å²) in [5, 5.41) is 7.29. The summed E-state index contributed by atoms with van der Waals surface area (Å²) in [4.78, 5) is 17.9. The van der Waals surface area contributed by atoms with E-state index in [1.54, 1.807) is 18.3 Å². The summed E-state index contributed by atoms with van der Waals surface area (Å²) < 4.78 is 11.0. The quantitative estimate of drug-likeness (QED) is 0.387. The lowest BCUT2D eigenvalue weighted by atomic mass is 10.2. The molecule has 170 valence electrons. The van der Waals surface area contributed by atoms with Gasteiger partial charge in [0.25, 0.3) is 0 Å². The van der Waals surface area contributed by atoms with Crippen LogP contribution in [0.15, 0.2) is 47.1 Å². The smallest absolute Gasteiger partial charge is 0.227 e. The van der Waals surface area contributed by atoms with Crippen molar-refractivity contribution in [1.29, 1.82) is 0 Å². The topological polar surface area (TPSA) is 89.2 Å². The maximum atomic E-state index is 5.89. The van der Waals surface area contributed by atoms with Crippen LogP contribution in [0.4, 0.5) is 11.6 Å². The number of likely N-dealkylation sites (tertiary alicyclic amines) is 1. The van der Waals surface area contributed by atoms with E-state index in [1.165, 1.54) is 25.9 Å². The highest BCUT2D eigenvalue weighted by Crippen LogP contribution is 2.34. The molecule has 1 fully saturated rings. The van der Waals surface area contributed by atoms with Crippen LogP contribution in [0.5, 0.6) is 5.75 Å². The molecule has 0 saturated carbocycles. The molecule has 0 amide bonds. The number of benzene rings is 1. The van der Waals surface area contributed by atoms with Gasteiger partial charge < -0.3 is 14.6 Å². The van der Waals surface area contributed by atoms with Crippen LogP contribution in [0.2, 0.25) is 0 Å². The van der Waals surface area contributed by atoms with E-state index in [9.17, 15) is 0 Å². The van der Waals surface area contributed by atoms with Crippen molar-refractivity contribution in [2.24, 2.45) is 0 Å². The Labute approximate surface area is 196 Å². The monoisotopic (exact) mass is 462 g/mol. The first kappa shape index (κ1) is 21.5. The lowest BCUT2D eigenvalue weighted by Crippen LogP contribution is -2.25. The minimum atomic E-state index is 0.545. The van der Waals surface area contributed by atoms with Crippen LogP contribution in [0, 0.1) is 13.8 Å². The number of hydrogen-bond donors (Lipinski definition) is 1. The maximum absolute atomic E-state index is 5.89. The van der Waals surface area contributed by atoms with Crippen molar-refractivity contribution in [3.8, 4) is 27.0 Å². The number of anilines is 2. The first-order valence-corrected chi connectivity index (χ1v) is 11.9. The number of nitrogens with zero attached hydrogens (tertiary/aromatic N) is 5. The van der Waals surface area contributed by atoms with Gasteiger partial charge in [0, 0.05) is 25.4 Å². The Morgan fingerprint density at radius 1 is 1.03 bits per heavy atom. The third kappa shape index (κ3) is 5.20. The molecular weight excluding hydrogens is 436 g/mol. The Kier molecular flexibility index (Phi) is 6.32. The zero-order valence-electron chi connectivity index (χ0n) is 18.7. The van der Waals surface area contributed by atoms with Gasteiger partial charge in [0.05, 0.1) is 15.4 Å². The fourth-order valence-corrected chi connectivity index (χ4v) is 4.79. The third-order valence-corrected chi connectivity index (χ3v) is 6.63. The number of aryl methyl sites for hydroxylation is 2. The molecule has 1 aliphatic heterocycles. The van der Waals surface area contributed by atoms with E-state index in [0.717, 1.165) is 39.0 Å². The Hall–Kier alpha value is -3.30.